The van der Waals surface area contributed by atoms with Gasteiger partial charge in [0.15, 0.2) is 0 Å². The molecule has 1 rings (SSSR count). The molecular weight excluding hydrogens is 216 g/mol. The Kier molecular flexibility index (Phi) is 4.54. The van der Waals surface area contributed by atoms with E-state index in [0.717, 1.165) is 16.9 Å². The summed E-state index contributed by atoms with van der Waals surface area (Å²) < 4.78 is 5.25. The van der Waals surface area contributed by atoms with Crippen LogP contribution in [0.2, 0.25) is 0 Å². The van der Waals surface area contributed by atoms with Crippen molar-refractivity contribution < 1.29 is 14.9 Å². The Morgan fingerprint density at radius 3 is 2.59 bits per heavy atom. The minimum Gasteiger partial charge on any atom is -0.496 e. The normalized spacial score (nSPS) is 16.4. The van der Waals surface area contributed by atoms with Crippen molar-refractivity contribution in [1.29, 1.82) is 0 Å². The molecule has 0 aliphatic carbocycles. The molecule has 17 heavy (non-hydrogen) atoms. The second-order valence-corrected chi connectivity index (χ2v) is 4.75. The maximum absolute atomic E-state index is 10.0. The lowest BCUT2D eigenvalue weighted by atomic mass is 9.90. The van der Waals surface area contributed by atoms with E-state index in [4.69, 9.17) is 4.74 Å². The van der Waals surface area contributed by atoms with E-state index in [0.29, 0.717) is 12.8 Å². The minimum absolute atomic E-state index is 0.395. The molecule has 0 saturated heterocycles. The molecule has 0 saturated carbocycles. The highest BCUT2D eigenvalue weighted by Crippen LogP contribution is 2.25. The van der Waals surface area contributed by atoms with Gasteiger partial charge in [0.2, 0.25) is 0 Å². The number of aliphatic hydroxyl groups excluding tert-OH is 1. The van der Waals surface area contributed by atoms with Gasteiger partial charge in [0.1, 0.15) is 5.75 Å². The lowest BCUT2D eigenvalue weighted by molar-refractivity contribution is -0.0631. The van der Waals surface area contributed by atoms with Gasteiger partial charge in [-0.15, -0.1) is 0 Å². The van der Waals surface area contributed by atoms with Crippen LogP contribution < -0.4 is 4.74 Å². The Hall–Kier alpha value is -1.06. The summed E-state index contributed by atoms with van der Waals surface area (Å²) in [5.74, 6) is 0.751. The fourth-order valence-electron chi connectivity index (χ4n) is 1.73. The first-order valence-corrected chi connectivity index (χ1v) is 5.94. The summed E-state index contributed by atoms with van der Waals surface area (Å²) in [6.45, 7) is 5.50. The van der Waals surface area contributed by atoms with Crippen molar-refractivity contribution in [3.63, 3.8) is 0 Å². The van der Waals surface area contributed by atoms with E-state index < -0.39 is 11.7 Å². The van der Waals surface area contributed by atoms with Gasteiger partial charge in [-0.25, -0.2) is 0 Å². The molecule has 0 amide bonds. The molecular formula is C14H22O3. The van der Waals surface area contributed by atoms with Crippen LogP contribution in [0.3, 0.4) is 0 Å². The summed E-state index contributed by atoms with van der Waals surface area (Å²) in [6.07, 6.45) is 0.122. The minimum atomic E-state index is -1.06. The maximum atomic E-state index is 10.0. The number of methoxy groups -OCH3 is 1. The van der Waals surface area contributed by atoms with E-state index in [1.165, 1.54) is 0 Å². The van der Waals surface area contributed by atoms with Gasteiger partial charge in [0.05, 0.1) is 18.8 Å². The van der Waals surface area contributed by atoms with Gasteiger partial charge in [0, 0.05) is 6.42 Å². The Morgan fingerprint density at radius 2 is 2.06 bits per heavy atom. The number of hydrogen-bond donors (Lipinski definition) is 2. The topological polar surface area (TPSA) is 49.7 Å². The predicted molar refractivity (Wildman–Crippen MR) is 68.4 cm³/mol. The molecule has 0 heterocycles. The average Bonchev–Trinajstić information content (AvgIpc) is 2.29. The summed E-state index contributed by atoms with van der Waals surface area (Å²) in [6, 6.07) is 5.83. The van der Waals surface area contributed by atoms with E-state index in [-0.39, 0.29) is 0 Å². The number of aliphatic hydroxyl groups is 2. The highest BCUT2D eigenvalue weighted by atomic mass is 16.5. The van der Waals surface area contributed by atoms with Crippen LogP contribution in [0, 0.1) is 6.92 Å². The van der Waals surface area contributed by atoms with Gasteiger partial charge < -0.3 is 14.9 Å². The van der Waals surface area contributed by atoms with E-state index in [9.17, 15) is 10.2 Å². The van der Waals surface area contributed by atoms with Gasteiger partial charge in [-0.1, -0.05) is 24.6 Å². The van der Waals surface area contributed by atoms with E-state index in [1.807, 2.05) is 32.0 Å². The molecule has 1 aromatic rings. The lowest BCUT2D eigenvalue weighted by Crippen LogP contribution is -2.40. The van der Waals surface area contributed by atoms with Gasteiger partial charge >= 0.3 is 0 Å². The van der Waals surface area contributed by atoms with Gasteiger partial charge in [-0.05, 0) is 31.9 Å². The van der Waals surface area contributed by atoms with Crippen LogP contribution >= 0.6 is 0 Å². The molecule has 0 fully saturated rings. The van der Waals surface area contributed by atoms with Crippen molar-refractivity contribution in [3.8, 4) is 5.75 Å². The molecule has 0 aromatic heterocycles. The lowest BCUT2D eigenvalue weighted by Gasteiger charge is -2.28. The first kappa shape index (κ1) is 14.0. The van der Waals surface area contributed by atoms with Crippen LogP contribution in [-0.2, 0) is 6.42 Å². The molecule has 0 aliphatic rings. The first-order chi connectivity index (χ1) is 7.90. The third-order valence-corrected chi connectivity index (χ3v) is 3.28. The SMILES string of the molecule is CCC(C)(O)C(O)Cc1cc(C)ccc1OC. The van der Waals surface area contributed by atoms with Crippen LogP contribution in [0.1, 0.15) is 31.4 Å². The largest absolute Gasteiger partial charge is 0.496 e. The van der Waals surface area contributed by atoms with Crippen molar-refractivity contribution in [2.75, 3.05) is 7.11 Å². The Labute approximate surface area is 103 Å². The molecule has 2 atom stereocenters. The van der Waals surface area contributed by atoms with Crippen LogP contribution in [0.5, 0.6) is 5.75 Å². The van der Waals surface area contributed by atoms with Crippen molar-refractivity contribution in [2.24, 2.45) is 0 Å². The summed E-state index contributed by atoms with van der Waals surface area (Å²) >= 11 is 0. The van der Waals surface area contributed by atoms with Crippen LogP contribution in [0.4, 0.5) is 0 Å². The van der Waals surface area contributed by atoms with Crippen molar-refractivity contribution >= 4 is 0 Å². The standard InChI is InChI=1S/C14H22O3/c1-5-14(3,16)13(15)9-11-8-10(2)6-7-12(11)17-4/h6-8,13,15-16H,5,9H2,1-4H3. The Morgan fingerprint density at radius 1 is 1.41 bits per heavy atom. The molecule has 0 aliphatic heterocycles. The maximum Gasteiger partial charge on any atom is 0.122 e. The van der Waals surface area contributed by atoms with E-state index in [1.54, 1.807) is 14.0 Å². The van der Waals surface area contributed by atoms with Crippen molar-refractivity contribution in [3.05, 3.63) is 29.3 Å². The molecule has 0 bridgehead atoms. The summed E-state index contributed by atoms with van der Waals surface area (Å²) in [5, 5.41) is 20.0. The van der Waals surface area contributed by atoms with Crippen LogP contribution in [-0.4, -0.2) is 29.0 Å². The molecule has 2 N–H and O–H groups in total. The molecule has 3 nitrogen and oxygen atoms in total. The summed E-state index contributed by atoms with van der Waals surface area (Å²) in [4.78, 5) is 0. The molecule has 0 spiro atoms. The van der Waals surface area contributed by atoms with Gasteiger partial charge in [-0.2, -0.15) is 0 Å². The number of benzene rings is 1. The third-order valence-electron chi connectivity index (χ3n) is 3.28. The summed E-state index contributed by atoms with van der Waals surface area (Å²) in [7, 11) is 1.61. The van der Waals surface area contributed by atoms with E-state index in [2.05, 4.69) is 0 Å². The number of ether oxygens (including phenoxy) is 1. The van der Waals surface area contributed by atoms with Crippen LogP contribution in [0.15, 0.2) is 18.2 Å². The highest BCUT2D eigenvalue weighted by molar-refractivity contribution is 5.37. The zero-order valence-corrected chi connectivity index (χ0v) is 11.0. The fraction of sp³-hybridized carbons (Fsp3) is 0.571. The number of aryl methyl sites for hydroxylation is 1. The molecule has 1 aromatic carbocycles. The zero-order valence-electron chi connectivity index (χ0n) is 11.0. The predicted octanol–water partition coefficient (Wildman–Crippen LogP) is 2.07. The number of hydrogen-bond acceptors (Lipinski definition) is 3. The van der Waals surface area contributed by atoms with Gasteiger partial charge in [-0.3, -0.25) is 0 Å². The average molecular weight is 238 g/mol. The van der Waals surface area contributed by atoms with Crippen molar-refractivity contribution in [2.45, 2.75) is 45.3 Å². The summed E-state index contributed by atoms with van der Waals surface area (Å²) in [5.41, 5.74) is 0.979. The molecule has 0 radical (unpaired) electrons. The Balaban J connectivity index is 2.91. The van der Waals surface area contributed by atoms with Crippen LogP contribution in [0.25, 0.3) is 0 Å². The van der Waals surface area contributed by atoms with Gasteiger partial charge in [0.25, 0.3) is 0 Å². The first-order valence-electron chi connectivity index (χ1n) is 5.94. The molecule has 3 heteroatoms. The second kappa shape index (κ2) is 5.52. The molecule has 2 unspecified atom stereocenters. The monoisotopic (exact) mass is 238 g/mol. The third kappa shape index (κ3) is 3.45. The van der Waals surface area contributed by atoms with Crippen molar-refractivity contribution in [1.82, 2.24) is 0 Å². The van der Waals surface area contributed by atoms with E-state index >= 15 is 0 Å². The zero-order chi connectivity index (χ0) is 13.1. The quantitative estimate of drug-likeness (QED) is 0.825. The smallest absolute Gasteiger partial charge is 0.122 e. The fourth-order valence-corrected chi connectivity index (χ4v) is 1.73. The molecule has 96 valence electrons. The Bertz CT molecular complexity index is 372. The number of rotatable bonds is 5. The highest BCUT2D eigenvalue weighted by Gasteiger charge is 2.28. The second-order valence-electron chi connectivity index (χ2n) is 4.75.